The second-order valence-corrected chi connectivity index (χ2v) is 6.62. The molecule has 0 aliphatic heterocycles. The second-order valence-electron chi connectivity index (χ2n) is 5.53. The number of hydrogen-bond acceptors (Lipinski definition) is 6. The molecular formula is C18H14N4O2S. The van der Waals surface area contributed by atoms with Gasteiger partial charge >= 0.3 is 0 Å². The van der Waals surface area contributed by atoms with E-state index in [-0.39, 0.29) is 0 Å². The van der Waals surface area contributed by atoms with Crippen molar-refractivity contribution in [2.24, 2.45) is 0 Å². The van der Waals surface area contributed by atoms with Crippen LogP contribution in [0.3, 0.4) is 0 Å². The molecule has 7 heteroatoms. The molecule has 0 fully saturated rings. The van der Waals surface area contributed by atoms with Crippen molar-refractivity contribution in [3.63, 3.8) is 0 Å². The SMILES string of the molecule is O=C(/C=C/c1ccc2c(c1)Cc1sc(Nc3ccccn3)nc1-2)NO. The summed E-state index contributed by atoms with van der Waals surface area (Å²) in [6, 6.07) is 11.7. The van der Waals surface area contributed by atoms with Crippen LogP contribution in [-0.4, -0.2) is 21.1 Å². The number of nitrogens with zero attached hydrogens (tertiary/aromatic N) is 2. The third kappa shape index (κ3) is 3.15. The van der Waals surface area contributed by atoms with Crippen molar-refractivity contribution in [1.82, 2.24) is 15.4 Å². The smallest absolute Gasteiger partial charge is 0.267 e. The summed E-state index contributed by atoms with van der Waals surface area (Å²) in [6.07, 6.45) is 5.52. The summed E-state index contributed by atoms with van der Waals surface area (Å²) in [4.78, 5) is 21.2. The van der Waals surface area contributed by atoms with Crippen molar-refractivity contribution in [2.45, 2.75) is 6.42 Å². The van der Waals surface area contributed by atoms with E-state index < -0.39 is 5.91 Å². The standard InChI is InChI=1S/C18H14N4O2S/c23-16(22-24)7-5-11-4-6-13-12(9-11)10-14-17(13)21-18(25-14)20-15-3-1-2-8-19-15/h1-9,24H,10H2,(H,22,23)(H,19,20,21)/b7-5+. The lowest BCUT2D eigenvalue weighted by molar-refractivity contribution is -0.124. The van der Waals surface area contributed by atoms with Crippen molar-refractivity contribution < 1.29 is 10.0 Å². The third-order valence-electron chi connectivity index (χ3n) is 3.87. The first-order valence-electron chi connectivity index (χ1n) is 7.66. The van der Waals surface area contributed by atoms with Gasteiger partial charge in [0.2, 0.25) is 0 Å². The summed E-state index contributed by atoms with van der Waals surface area (Å²) in [7, 11) is 0. The molecule has 1 aromatic carbocycles. The number of pyridine rings is 1. The van der Waals surface area contributed by atoms with Crippen molar-refractivity contribution in [3.8, 4) is 11.3 Å². The number of hydrogen-bond donors (Lipinski definition) is 3. The fraction of sp³-hybridized carbons (Fsp3) is 0.0556. The zero-order valence-electron chi connectivity index (χ0n) is 13.1. The van der Waals surface area contributed by atoms with Crippen LogP contribution in [0.25, 0.3) is 17.3 Å². The van der Waals surface area contributed by atoms with Gasteiger partial charge in [0.25, 0.3) is 5.91 Å². The predicted octanol–water partition coefficient (Wildman–Crippen LogP) is 3.37. The van der Waals surface area contributed by atoms with E-state index in [1.165, 1.54) is 16.5 Å². The van der Waals surface area contributed by atoms with Crippen molar-refractivity contribution in [2.75, 3.05) is 5.32 Å². The minimum Gasteiger partial charge on any atom is -0.316 e. The largest absolute Gasteiger partial charge is 0.316 e. The van der Waals surface area contributed by atoms with Gasteiger partial charge in [-0.1, -0.05) is 24.3 Å². The van der Waals surface area contributed by atoms with E-state index in [1.54, 1.807) is 29.1 Å². The van der Waals surface area contributed by atoms with Crippen molar-refractivity contribution >= 4 is 34.3 Å². The number of fused-ring (bicyclic) bond motifs is 3. The maximum atomic E-state index is 11.1. The van der Waals surface area contributed by atoms with Crippen LogP contribution in [0.2, 0.25) is 0 Å². The first-order chi connectivity index (χ1) is 12.2. The molecule has 0 spiro atoms. The van der Waals surface area contributed by atoms with Crippen LogP contribution < -0.4 is 10.8 Å². The lowest BCUT2D eigenvalue weighted by atomic mass is 10.1. The molecule has 2 heterocycles. The molecule has 0 saturated heterocycles. The fourth-order valence-corrected chi connectivity index (χ4v) is 3.76. The minimum absolute atomic E-state index is 0.550. The summed E-state index contributed by atoms with van der Waals surface area (Å²) in [5.74, 6) is 0.226. The first-order valence-corrected chi connectivity index (χ1v) is 8.48. The number of anilines is 2. The molecule has 3 aromatic rings. The van der Waals surface area contributed by atoms with Gasteiger partial charge in [-0.05, 0) is 29.3 Å². The number of rotatable bonds is 4. The zero-order chi connectivity index (χ0) is 17.2. The summed E-state index contributed by atoms with van der Waals surface area (Å²) in [6.45, 7) is 0. The average Bonchev–Trinajstić information content (AvgIpc) is 3.17. The van der Waals surface area contributed by atoms with E-state index in [4.69, 9.17) is 10.2 Å². The Morgan fingerprint density at radius 1 is 1.28 bits per heavy atom. The molecule has 2 aromatic heterocycles. The predicted molar refractivity (Wildman–Crippen MR) is 96.8 cm³/mol. The summed E-state index contributed by atoms with van der Waals surface area (Å²) >= 11 is 1.62. The number of benzene rings is 1. The molecule has 3 N–H and O–H groups in total. The number of thiazole rings is 1. The third-order valence-corrected chi connectivity index (χ3v) is 4.84. The van der Waals surface area contributed by atoms with Gasteiger partial charge in [0.1, 0.15) is 5.82 Å². The van der Waals surface area contributed by atoms with Crippen LogP contribution in [0.4, 0.5) is 10.9 Å². The topological polar surface area (TPSA) is 87.1 Å². The Morgan fingerprint density at radius 2 is 2.20 bits per heavy atom. The van der Waals surface area contributed by atoms with E-state index in [2.05, 4.69) is 10.3 Å². The van der Waals surface area contributed by atoms with Crippen LogP contribution >= 0.6 is 11.3 Å². The van der Waals surface area contributed by atoms with Gasteiger partial charge in [0.15, 0.2) is 5.13 Å². The molecule has 4 rings (SSSR count). The molecule has 0 atom stereocenters. The Bertz CT molecular complexity index is 966. The van der Waals surface area contributed by atoms with Crippen molar-refractivity contribution in [3.05, 3.63) is 64.7 Å². The Balaban J connectivity index is 1.57. The Kier molecular flexibility index (Phi) is 4.01. The Labute approximate surface area is 147 Å². The lowest BCUT2D eigenvalue weighted by Crippen LogP contribution is -2.14. The normalized spacial score (nSPS) is 12.0. The first kappa shape index (κ1) is 15.5. The highest BCUT2D eigenvalue weighted by Gasteiger charge is 2.23. The number of hydroxylamine groups is 1. The highest BCUT2D eigenvalue weighted by molar-refractivity contribution is 7.16. The van der Waals surface area contributed by atoms with E-state index in [0.717, 1.165) is 34.2 Å². The highest BCUT2D eigenvalue weighted by Crippen LogP contribution is 2.41. The van der Waals surface area contributed by atoms with E-state index >= 15 is 0 Å². The van der Waals surface area contributed by atoms with Crippen LogP contribution in [0.15, 0.2) is 48.7 Å². The van der Waals surface area contributed by atoms with Gasteiger partial charge in [-0.25, -0.2) is 15.4 Å². The monoisotopic (exact) mass is 350 g/mol. The van der Waals surface area contributed by atoms with Gasteiger partial charge < -0.3 is 5.32 Å². The number of nitrogens with one attached hydrogen (secondary N) is 2. The van der Waals surface area contributed by atoms with Crippen LogP contribution in [-0.2, 0) is 11.2 Å². The van der Waals surface area contributed by atoms with Crippen LogP contribution in [0, 0.1) is 0 Å². The number of carbonyl (C=O) groups is 1. The summed E-state index contributed by atoms with van der Waals surface area (Å²) in [5, 5.41) is 12.6. The Hall–Kier alpha value is -3.03. The second kappa shape index (κ2) is 6.46. The molecule has 1 aliphatic carbocycles. The van der Waals surface area contributed by atoms with Gasteiger partial charge in [-0.2, -0.15) is 0 Å². The van der Waals surface area contributed by atoms with Gasteiger partial charge in [0, 0.05) is 29.1 Å². The van der Waals surface area contributed by atoms with Crippen LogP contribution in [0.5, 0.6) is 0 Å². The molecule has 1 amide bonds. The molecule has 0 bridgehead atoms. The molecule has 6 nitrogen and oxygen atoms in total. The highest BCUT2D eigenvalue weighted by atomic mass is 32.1. The molecule has 0 unspecified atom stereocenters. The number of amides is 1. The quantitative estimate of drug-likeness (QED) is 0.298. The lowest BCUT2D eigenvalue weighted by Gasteiger charge is -2.03. The minimum atomic E-state index is -0.550. The maximum absolute atomic E-state index is 11.1. The molecule has 1 aliphatic rings. The number of aromatic nitrogens is 2. The summed E-state index contributed by atoms with van der Waals surface area (Å²) < 4.78 is 0. The molecule has 0 radical (unpaired) electrons. The average molecular weight is 350 g/mol. The zero-order valence-corrected chi connectivity index (χ0v) is 13.9. The molecule has 0 saturated carbocycles. The van der Waals surface area contributed by atoms with Gasteiger partial charge in [0.05, 0.1) is 5.69 Å². The van der Waals surface area contributed by atoms with Gasteiger partial charge in [-0.3, -0.25) is 10.0 Å². The van der Waals surface area contributed by atoms with Crippen LogP contribution in [0.1, 0.15) is 16.0 Å². The number of carbonyl (C=O) groups excluding carboxylic acids is 1. The molecular weight excluding hydrogens is 336 g/mol. The summed E-state index contributed by atoms with van der Waals surface area (Å²) in [5.41, 5.74) is 5.79. The van der Waals surface area contributed by atoms with E-state index in [9.17, 15) is 4.79 Å². The maximum Gasteiger partial charge on any atom is 0.267 e. The van der Waals surface area contributed by atoms with E-state index in [1.807, 2.05) is 36.4 Å². The Morgan fingerprint density at radius 3 is 3.00 bits per heavy atom. The van der Waals surface area contributed by atoms with Crippen molar-refractivity contribution in [1.29, 1.82) is 0 Å². The molecule has 124 valence electrons. The molecule has 25 heavy (non-hydrogen) atoms. The fourth-order valence-electron chi connectivity index (χ4n) is 2.76. The van der Waals surface area contributed by atoms with E-state index in [0.29, 0.717) is 0 Å². The van der Waals surface area contributed by atoms with Gasteiger partial charge in [-0.15, -0.1) is 11.3 Å².